The monoisotopic (exact) mass is 229 g/mol. The van der Waals surface area contributed by atoms with Gasteiger partial charge in [-0.2, -0.15) is 0 Å². The highest BCUT2D eigenvalue weighted by Crippen LogP contribution is 2.10. The van der Waals surface area contributed by atoms with E-state index in [2.05, 4.69) is 6.58 Å². The van der Waals surface area contributed by atoms with Gasteiger partial charge in [-0.05, 0) is 20.8 Å². The van der Waals surface area contributed by atoms with Crippen LogP contribution in [0.1, 0.15) is 20.8 Å². The van der Waals surface area contributed by atoms with Gasteiger partial charge in [-0.15, -0.1) is 0 Å². The number of amides is 1. The van der Waals surface area contributed by atoms with Gasteiger partial charge >= 0.3 is 6.09 Å². The second-order valence-electron chi connectivity index (χ2n) is 4.27. The van der Waals surface area contributed by atoms with Gasteiger partial charge in [0.05, 0.1) is 20.2 Å². The van der Waals surface area contributed by atoms with Crippen LogP contribution in [0.25, 0.3) is 0 Å². The SMILES string of the molecule is C=C(CN(CC=O)C(=O)OC(C)(C)C)OC. The summed E-state index contributed by atoms with van der Waals surface area (Å²) in [5.74, 6) is 0.396. The van der Waals surface area contributed by atoms with Gasteiger partial charge in [0.2, 0.25) is 0 Å². The molecule has 0 aromatic heterocycles. The van der Waals surface area contributed by atoms with Crippen LogP contribution < -0.4 is 0 Å². The van der Waals surface area contributed by atoms with Gasteiger partial charge in [0.15, 0.2) is 0 Å². The van der Waals surface area contributed by atoms with Crippen LogP contribution in [0.2, 0.25) is 0 Å². The molecule has 0 unspecified atom stereocenters. The van der Waals surface area contributed by atoms with E-state index in [0.29, 0.717) is 12.0 Å². The molecule has 0 fully saturated rings. The van der Waals surface area contributed by atoms with Crippen molar-refractivity contribution in [2.24, 2.45) is 0 Å². The molecule has 0 N–H and O–H groups in total. The first-order valence-corrected chi connectivity index (χ1v) is 4.93. The Morgan fingerprint density at radius 1 is 1.44 bits per heavy atom. The van der Waals surface area contributed by atoms with Crippen molar-refractivity contribution in [1.82, 2.24) is 4.90 Å². The normalized spacial score (nSPS) is 10.5. The molecule has 0 spiro atoms. The highest BCUT2D eigenvalue weighted by molar-refractivity contribution is 5.72. The number of aldehydes is 1. The van der Waals surface area contributed by atoms with Crippen LogP contribution in [0.3, 0.4) is 0 Å². The minimum atomic E-state index is -0.591. The lowest BCUT2D eigenvalue weighted by molar-refractivity contribution is -0.108. The van der Waals surface area contributed by atoms with Crippen LogP contribution >= 0.6 is 0 Å². The molecule has 0 aromatic rings. The van der Waals surface area contributed by atoms with Crippen LogP contribution in [-0.2, 0) is 14.3 Å². The Bertz CT molecular complexity index is 268. The summed E-state index contributed by atoms with van der Waals surface area (Å²) in [6.45, 7) is 8.96. The van der Waals surface area contributed by atoms with Gasteiger partial charge < -0.3 is 14.3 Å². The maximum Gasteiger partial charge on any atom is 0.411 e. The van der Waals surface area contributed by atoms with E-state index in [4.69, 9.17) is 9.47 Å². The Kier molecular flexibility index (Phi) is 5.56. The number of hydrogen-bond donors (Lipinski definition) is 0. The Labute approximate surface area is 96.0 Å². The number of carbonyl (C=O) groups excluding carboxylic acids is 2. The first kappa shape index (κ1) is 14.5. The number of ether oxygens (including phenoxy) is 2. The zero-order chi connectivity index (χ0) is 12.8. The summed E-state index contributed by atoms with van der Waals surface area (Å²) < 4.78 is 9.98. The van der Waals surface area contributed by atoms with Crippen LogP contribution in [0.5, 0.6) is 0 Å². The molecule has 0 rings (SSSR count). The minimum absolute atomic E-state index is 0.0444. The second-order valence-corrected chi connectivity index (χ2v) is 4.27. The maximum absolute atomic E-state index is 11.6. The summed E-state index contributed by atoms with van der Waals surface area (Å²) in [6.07, 6.45) is 0.0742. The first-order valence-electron chi connectivity index (χ1n) is 4.93. The molecular weight excluding hydrogens is 210 g/mol. The predicted molar refractivity (Wildman–Crippen MR) is 60.0 cm³/mol. The largest absolute Gasteiger partial charge is 0.500 e. The molecule has 0 atom stereocenters. The van der Waals surface area contributed by atoms with E-state index in [9.17, 15) is 9.59 Å². The van der Waals surface area contributed by atoms with Gasteiger partial charge in [-0.1, -0.05) is 6.58 Å². The van der Waals surface area contributed by atoms with Crippen LogP contribution in [0.15, 0.2) is 12.3 Å². The highest BCUT2D eigenvalue weighted by atomic mass is 16.6. The van der Waals surface area contributed by atoms with E-state index in [-0.39, 0.29) is 13.1 Å². The molecule has 0 aliphatic rings. The molecule has 5 nitrogen and oxygen atoms in total. The third-order valence-corrected chi connectivity index (χ3v) is 1.60. The molecule has 0 bridgehead atoms. The lowest BCUT2D eigenvalue weighted by Gasteiger charge is -2.26. The van der Waals surface area contributed by atoms with Crippen molar-refractivity contribution in [2.75, 3.05) is 20.2 Å². The Morgan fingerprint density at radius 2 is 2.00 bits per heavy atom. The van der Waals surface area contributed by atoms with Crippen molar-refractivity contribution in [2.45, 2.75) is 26.4 Å². The average Bonchev–Trinajstić information content (AvgIpc) is 2.14. The molecule has 1 amide bonds. The summed E-state index contributed by atoms with van der Waals surface area (Å²) in [5, 5.41) is 0. The van der Waals surface area contributed by atoms with Crippen molar-refractivity contribution in [1.29, 1.82) is 0 Å². The third-order valence-electron chi connectivity index (χ3n) is 1.60. The zero-order valence-corrected chi connectivity index (χ0v) is 10.3. The minimum Gasteiger partial charge on any atom is -0.500 e. The molecule has 0 aliphatic heterocycles. The Balaban J connectivity index is 4.46. The first-order chi connectivity index (χ1) is 7.30. The molecular formula is C11H19NO4. The van der Waals surface area contributed by atoms with Crippen molar-refractivity contribution in [3.8, 4) is 0 Å². The van der Waals surface area contributed by atoms with Gasteiger partial charge in [0.1, 0.15) is 17.6 Å². The maximum atomic E-state index is 11.6. The molecule has 92 valence electrons. The molecule has 0 aliphatic carbocycles. The second kappa shape index (κ2) is 6.15. The van der Waals surface area contributed by atoms with Crippen molar-refractivity contribution < 1.29 is 19.1 Å². The van der Waals surface area contributed by atoms with Crippen molar-refractivity contribution >= 4 is 12.4 Å². The molecule has 5 heteroatoms. The fourth-order valence-corrected chi connectivity index (χ4v) is 0.898. The Morgan fingerprint density at radius 3 is 2.38 bits per heavy atom. The van der Waals surface area contributed by atoms with Crippen molar-refractivity contribution in [3.63, 3.8) is 0 Å². The summed E-state index contributed by atoms with van der Waals surface area (Å²) in [4.78, 5) is 23.3. The quantitative estimate of drug-likeness (QED) is 0.530. The number of carbonyl (C=O) groups is 2. The molecule has 16 heavy (non-hydrogen) atoms. The van der Waals surface area contributed by atoms with E-state index in [1.54, 1.807) is 20.8 Å². The zero-order valence-electron chi connectivity index (χ0n) is 10.3. The van der Waals surface area contributed by atoms with E-state index in [0.717, 1.165) is 0 Å². The smallest absolute Gasteiger partial charge is 0.411 e. The van der Waals surface area contributed by atoms with E-state index >= 15 is 0 Å². The Hall–Kier alpha value is -1.52. The summed E-state index contributed by atoms with van der Waals surface area (Å²) >= 11 is 0. The lowest BCUT2D eigenvalue weighted by Crippen LogP contribution is -2.39. The summed E-state index contributed by atoms with van der Waals surface area (Å²) in [7, 11) is 1.45. The van der Waals surface area contributed by atoms with Crippen LogP contribution in [-0.4, -0.2) is 43.1 Å². The average molecular weight is 229 g/mol. The summed E-state index contributed by atoms with van der Waals surface area (Å²) in [5.41, 5.74) is -0.591. The topological polar surface area (TPSA) is 55.8 Å². The summed E-state index contributed by atoms with van der Waals surface area (Å²) in [6, 6.07) is 0. The number of hydrogen-bond acceptors (Lipinski definition) is 4. The van der Waals surface area contributed by atoms with Gasteiger partial charge in [0, 0.05) is 0 Å². The number of nitrogens with zero attached hydrogens (tertiary/aromatic N) is 1. The van der Waals surface area contributed by atoms with Crippen LogP contribution in [0, 0.1) is 0 Å². The van der Waals surface area contributed by atoms with E-state index < -0.39 is 11.7 Å². The van der Waals surface area contributed by atoms with Gasteiger partial charge in [0.25, 0.3) is 0 Å². The molecule has 0 aromatic carbocycles. The molecule has 0 heterocycles. The fourth-order valence-electron chi connectivity index (χ4n) is 0.898. The van der Waals surface area contributed by atoms with E-state index in [1.165, 1.54) is 12.0 Å². The van der Waals surface area contributed by atoms with E-state index in [1.807, 2.05) is 0 Å². The molecule has 0 radical (unpaired) electrons. The van der Waals surface area contributed by atoms with Gasteiger partial charge in [-0.25, -0.2) is 4.79 Å². The van der Waals surface area contributed by atoms with Gasteiger partial charge in [-0.3, -0.25) is 4.90 Å². The molecule has 0 saturated carbocycles. The fraction of sp³-hybridized carbons (Fsp3) is 0.636. The molecule has 0 saturated heterocycles. The standard InChI is InChI=1S/C11H19NO4/c1-9(15-5)8-12(6-7-13)10(14)16-11(2,3)4/h7H,1,6,8H2,2-5H3. The predicted octanol–water partition coefficient (Wildman–Crippen LogP) is 1.58. The highest BCUT2D eigenvalue weighted by Gasteiger charge is 2.22. The number of methoxy groups -OCH3 is 1. The van der Waals surface area contributed by atoms with Crippen molar-refractivity contribution in [3.05, 3.63) is 12.3 Å². The third kappa shape index (κ3) is 6.06. The lowest BCUT2D eigenvalue weighted by atomic mass is 10.2. The van der Waals surface area contributed by atoms with Crippen LogP contribution in [0.4, 0.5) is 4.79 Å². The number of rotatable bonds is 5.